The van der Waals surface area contributed by atoms with E-state index >= 15 is 0 Å². The number of para-hydroxylation sites is 1. The average molecular weight is 544 g/mol. The van der Waals surface area contributed by atoms with Crippen molar-refractivity contribution in [3.63, 3.8) is 0 Å². The van der Waals surface area contributed by atoms with Crippen molar-refractivity contribution in [1.82, 2.24) is 0 Å². The molecule has 0 amide bonds. The van der Waals surface area contributed by atoms with E-state index in [4.69, 9.17) is 12.6 Å². The normalized spacial score (nSPS) is 20.1. The Hall–Kier alpha value is -3.48. The molecule has 0 saturated carbocycles. The second kappa shape index (κ2) is 12.1. The van der Waals surface area contributed by atoms with Crippen LogP contribution in [0.2, 0.25) is 0 Å². The molecule has 202 valence electrons. The number of benzene rings is 4. The van der Waals surface area contributed by atoms with Gasteiger partial charge in [0.25, 0.3) is 0 Å². The summed E-state index contributed by atoms with van der Waals surface area (Å²) >= 11 is 4.97. The van der Waals surface area contributed by atoms with Crippen molar-refractivity contribution in [1.29, 1.82) is 0 Å². The molecule has 0 aliphatic carbocycles. The van der Waals surface area contributed by atoms with Crippen LogP contribution in [0.3, 0.4) is 0 Å². The number of rotatable bonds is 8. The van der Waals surface area contributed by atoms with Crippen molar-refractivity contribution in [2.24, 2.45) is 5.92 Å². The summed E-state index contributed by atoms with van der Waals surface area (Å²) in [7, 11) is 0. The molecule has 39 heavy (non-hydrogen) atoms. The zero-order valence-corrected chi connectivity index (χ0v) is 22.6. The number of phenolic OH excluding ortho intramolecular Hbond substituents is 2. The highest BCUT2D eigenvalue weighted by Gasteiger charge is 2.38. The van der Waals surface area contributed by atoms with E-state index in [0.29, 0.717) is 6.42 Å². The second-order valence-corrected chi connectivity index (χ2v) is 10.9. The van der Waals surface area contributed by atoms with Gasteiger partial charge >= 0.3 is 0 Å². The largest absolute Gasteiger partial charge is 0.508 e. The third-order valence-electron chi connectivity index (χ3n) is 7.75. The molecule has 4 aromatic carbocycles. The molecular weight excluding hydrogens is 509 g/mol. The highest BCUT2D eigenvalue weighted by molar-refractivity contribution is 7.81. The second-order valence-electron chi connectivity index (χ2n) is 10.3. The lowest BCUT2D eigenvalue weighted by Gasteiger charge is -2.47. The van der Waals surface area contributed by atoms with Crippen LogP contribution < -0.4 is 4.90 Å². The highest BCUT2D eigenvalue weighted by Crippen LogP contribution is 2.48. The Labute approximate surface area is 234 Å². The number of aliphatic hydroxyl groups excluding tert-OH is 1. The minimum atomic E-state index is -0.648. The average Bonchev–Trinajstić information content (AvgIpc) is 2.94. The van der Waals surface area contributed by atoms with Gasteiger partial charge in [0.1, 0.15) is 17.3 Å². The number of halogens is 1. The molecule has 0 spiro atoms. The van der Waals surface area contributed by atoms with Crippen LogP contribution in [0.5, 0.6) is 11.5 Å². The topological polar surface area (TPSA) is 63.9 Å². The molecule has 0 aromatic heterocycles. The molecule has 1 aliphatic rings. The van der Waals surface area contributed by atoms with Gasteiger partial charge in [-0.05, 0) is 90.8 Å². The first-order valence-corrected chi connectivity index (χ1v) is 14.0. The number of aliphatic hydroxyl groups is 1. The van der Waals surface area contributed by atoms with Crippen LogP contribution >= 0.6 is 12.6 Å². The lowest BCUT2D eigenvalue weighted by molar-refractivity contribution is 0.157. The molecule has 1 saturated heterocycles. The summed E-state index contributed by atoms with van der Waals surface area (Å²) in [5.74, 6) is 0.305. The Morgan fingerprint density at radius 1 is 0.846 bits per heavy atom. The highest BCUT2D eigenvalue weighted by atomic mass is 32.1. The van der Waals surface area contributed by atoms with Gasteiger partial charge in [-0.3, -0.25) is 0 Å². The SMILES string of the molecule is Oc1cccc(-c2ccc(C3C(CCCC(O)c4ccc(F)cc4)CCC(S)N3c3ccccc3)c(O)c2)c1. The van der Waals surface area contributed by atoms with Gasteiger partial charge in [-0.15, -0.1) is 0 Å². The van der Waals surface area contributed by atoms with Crippen LogP contribution in [0.25, 0.3) is 11.1 Å². The first kappa shape index (κ1) is 27.1. The number of hydrogen-bond acceptors (Lipinski definition) is 5. The smallest absolute Gasteiger partial charge is 0.123 e. The van der Waals surface area contributed by atoms with Crippen LogP contribution in [0.1, 0.15) is 55.4 Å². The maximum Gasteiger partial charge on any atom is 0.123 e. The lowest BCUT2D eigenvalue weighted by atomic mass is 9.80. The number of thiol groups is 1. The number of nitrogens with zero attached hydrogens (tertiary/aromatic N) is 1. The van der Waals surface area contributed by atoms with E-state index in [0.717, 1.165) is 53.6 Å². The Kier molecular flexibility index (Phi) is 8.44. The van der Waals surface area contributed by atoms with Crippen LogP contribution in [-0.2, 0) is 0 Å². The molecule has 0 radical (unpaired) electrons. The number of anilines is 1. The maximum absolute atomic E-state index is 13.3. The summed E-state index contributed by atoms with van der Waals surface area (Å²) in [6, 6.07) is 28.9. The van der Waals surface area contributed by atoms with Gasteiger partial charge in [-0.2, -0.15) is 12.6 Å². The third-order valence-corrected chi connectivity index (χ3v) is 8.26. The van der Waals surface area contributed by atoms with Gasteiger partial charge in [-0.1, -0.05) is 61.0 Å². The third kappa shape index (κ3) is 6.23. The van der Waals surface area contributed by atoms with Gasteiger partial charge in [0.05, 0.1) is 17.5 Å². The van der Waals surface area contributed by atoms with Crippen molar-refractivity contribution in [3.8, 4) is 22.6 Å². The number of aromatic hydroxyl groups is 2. The lowest BCUT2D eigenvalue weighted by Crippen LogP contribution is -2.43. The van der Waals surface area contributed by atoms with Crippen molar-refractivity contribution in [2.45, 2.75) is 49.6 Å². The Balaban J connectivity index is 1.43. The van der Waals surface area contributed by atoms with Crippen molar-refractivity contribution >= 4 is 18.3 Å². The van der Waals surface area contributed by atoms with Crippen LogP contribution in [0, 0.1) is 11.7 Å². The molecule has 4 nitrogen and oxygen atoms in total. The first-order valence-electron chi connectivity index (χ1n) is 13.5. The van der Waals surface area contributed by atoms with E-state index in [2.05, 4.69) is 17.0 Å². The molecule has 4 atom stereocenters. The summed E-state index contributed by atoms with van der Waals surface area (Å²) in [5, 5.41) is 31.9. The summed E-state index contributed by atoms with van der Waals surface area (Å²) < 4.78 is 13.3. The minimum absolute atomic E-state index is 0.0106. The van der Waals surface area contributed by atoms with E-state index in [1.165, 1.54) is 12.1 Å². The van der Waals surface area contributed by atoms with Crippen LogP contribution in [0.15, 0.2) is 97.1 Å². The van der Waals surface area contributed by atoms with Gasteiger partial charge in [-0.25, -0.2) is 4.39 Å². The van der Waals surface area contributed by atoms with Gasteiger partial charge < -0.3 is 20.2 Å². The summed E-state index contributed by atoms with van der Waals surface area (Å²) in [6.07, 6.45) is 3.44. The molecule has 3 N–H and O–H groups in total. The summed E-state index contributed by atoms with van der Waals surface area (Å²) in [4.78, 5) is 2.30. The van der Waals surface area contributed by atoms with Crippen molar-refractivity contribution in [3.05, 3.63) is 114 Å². The standard InChI is InChI=1S/C33H34FNO3S/c34-26-16-12-22(13-17-26)30(37)11-5-6-23-15-19-32(39)35(27-8-2-1-3-9-27)33(23)29-18-14-25(21-31(29)38)24-7-4-10-28(36)20-24/h1-4,7-10,12-14,16-18,20-21,23,30,32-33,36-39H,5-6,11,15,19H2. The molecular formula is C33H34FNO3S. The minimum Gasteiger partial charge on any atom is -0.508 e. The fourth-order valence-corrected chi connectivity index (χ4v) is 6.22. The molecule has 5 rings (SSSR count). The van der Waals surface area contributed by atoms with E-state index in [9.17, 15) is 19.7 Å². The Bertz CT molecular complexity index is 1380. The zero-order valence-electron chi connectivity index (χ0n) is 21.7. The van der Waals surface area contributed by atoms with Crippen molar-refractivity contribution in [2.75, 3.05) is 4.90 Å². The molecule has 0 bridgehead atoms. The fourth-order valence-electron chi connectivity index (χ4n) is 5.80. The quantitative estimate of drug-likeness (QED) is 0.170. The molecule has 4 unspecified atom stereocenters. The van der Waals surface area contributed by atoms with Crippen molar-refractivity contribution < 1.29 is 19.7 Å². The van der Waals surface area contributed by atoms with E-state index < -0.39 is 6.10 Å². The van der Waals surface area contributed by atoms with E-state index in [1.807, 2.05) is 36.4 Å². The number of piperidine rings is 1. The van der Waals surface area contributed by atoms with Gasteiger partial charge in [0.15, 0.2) is 0 Å². The fraction of sp³-hybridized carbons (Fsp3) is 0.273. The predicted octanol–water partition coefficient (Wildman–Crippen LogP) is 8.02. The van der Waals surface area contributed by atoms with E-state index in [-0.39, 0.29) is 34.6 Å². The van der Waals surface area contributed by atoms with Gasteiger partial charge in [0, 0.05) is 11.3 Å². The number of hydrogen-bond donors (Lipinski definition) is 4. The predicted molar refractivity (Wildman–Crippen MR) is 158 cm³/mol. The summed E-state index contributed by atoms with van der Waals surface area (Å²) in [5.41, 5.74) is 4.27. The molecule has 1 fully saturated rings. The molecule has 6 heteroatoms. The van der Waals surface area contributed by atoms with Crippen LogP contribution in [0.4, 0.5) is 10.1 Å². The molecule has 1 aliphatic heterocycles. The number of phenols is 2. The van der Waals surface area contributed by atoms with E-state index in [1.54, 1.807) is 36.4 Å². The Morgan fingerprint density at radius 2 is 1.59 bits per heavy atom. The van der Waals surface area contributed by atoms with Gasteiger partial charge in [0.2, 0.25) is 0 Å². The molecule has 4 aromatic rings. The van der Waals surface area contributed by atoms with Crippen LogP contribution in [-0.4, -0.2) is 20.7 Å². The Morgan fingerprint density at radius 3 is 2.31 bits per heavy atom. The zero-order chi connectivity index (χ0) is 27.4. The summed E-state index contributed by atoms with van der Waals surface area (Å²) in [6.45, 7) is 0. The first-order chi connectivity index (χ1) is 18.9. The monoisotopic (exact) mass is 543 g/mol. The maximum atomic E-state index is 13.3. The molecule has 1 heterocycles.